The molecule has 3 aliphatic heterocycles. The van der Waals surface area contributed by atoms with E-state index in [2.05, 4.69) is 125 Å². The maximum absolute atomic E-state index is 12.8. The molecule has 0 aliphatic carbocycles. The monoisotopic (exact) mass is 2470 g/mol. The largest absolute Gasteiger partial charge is 0.489 e. The van der Waals surface area contributed by atoms with Gasteiger partial charge in [-0.25, -0.2) is 0 Å². The molecule has 8 heterocycles. The Morgan fingerprint density at radius 2 is 0.629 bits per heavy atom. The third kappa shape index (κ3) is 34.4. The zero-order chi connectivity index (χ0) is 104. The summed E-state index contributed by atoms with van der Waals surface area (Å²) in [7, 11) is 0. The summed E-state index contributed by atoms with van der Waals surface area (Å²) in [5.74, 6) is -3.34. The van der Waals surface area contributed by atoms with Crippen LogP contribution in [-0.2, 0) is 99.8 Å². The van der Waals surface area contributed by atoms with Crippen LogP contribution >= 0.6 is 142 Å². The van der Waals surface area contributed by atoms with E-state index >= 15 is 0 Å². The van der Waals surface area contributed by atoms with Crippen molar-refractivity contribution in [1.29, 1.82) is 0 Å². The van der Waals surface area contributed by atoms with Gasteiger partial charge in [0, 0.05) is 68.2 Å². The Morgan fingerprint density at radius 1 is 0.350 bits per heavy atom. The molecule has 0 amide bonds. The van der Waals surface area contributed by atoms with E-state index in [1.807, 2.05) is 27.7 Å². The smallest absolute Gasteiger partial charge is 0.324 e. The summed E-state index contributed by atoms with van der Waals surface area (Å²) >= 11 is 43.7. The molecule has 8 aromatic rings. The Bertz CT molecular complexity index is 5630. The van der Waals surface area contributed by atoms with E-state index in [1.165, 1.54) is 82.2 Å². The number of aromatic nitrogens is 9. The summed E-state index contributed by atoms with van der Waals surface area (Å²) < 4.78 is 142. The molecule has 5 aromatic heterocycles. The van der Waals surface area contributed by atoms with Gasteiger partial charge in [0.15, 0.2) is 18.3 Å². The standard InChI is InChI=1S/C59H72Br4ClN5O22.C28H37Br2NO11.C3Cl3N3.CH4/c1-11-42-54(87-37(10)75)50(85-35(8)73)31(4)55(88-42)89-43-26-68(32(5)70)40-24-38(60)52(48(62)46(40)43)80-20-16-76-12-14-78-18-22-82-58-65-57(64)66-59(67-58)83-23-19-79-15-13-77-17-21-81-53-39(61)25-41-47(49(53)63)44(27-69(41)33(6)71)90-56-51(86-36(9)74)30(3)29(2)45(91-56)28-84-34(7)72;1-6-21-27(40-18(5)35)25(39-17(4)34)15(2)28(41-21)42-22-14-31(16(3)33)20-13-19(29)26(24(30)23(20)22)38-12-11-37-10-9-36-8-7-32;4-1-7-2(5)9-3(6)8-1;/h24-27,29-31,42,45,50-51,54-56H,11-23,28H2,1-10H3;13-15,21,25,27-28,32H,6-12H2,1-5H3;;1H4/t29-,30-,31+,42+,45+,50+,51+,54+,55-,56+;15-,21-,25-,27-,28+;;/m01../s1. The number of aliphatic hydroxyl groups excluding tert-OH is 1. The van der Waals surface area contributed by atoms with Crippen LogP contribution in [0.15, 0.2) is 63.6 Å². The van der Waals surface area contributed by atoms with E-state index in [-0.39, 0.29) is 182 Å². The van der Waals surface area contributed by atoms with Gasteiger partial charge < -0.3 is 114 Å². The predicted octanol–water partition coefficient (Wildman–Crippen LogP) is 16.4. The molecule has 3 aliphatic rings. The zero-order valence-corrected chi connectivity index (χ0v) is 92.3. The van der Waals surface area contributed by atoms with Gasteiger partial charge >= 0.3 is 47.8 Å². The summed E-state index contributed by atoms with van der Waals surface area (Å²) in [5.41, 5.74) is 1.57. The number of benzene rings is 3. The van der Waals surface area contributed by atoms with Crippen LogP contribution in [0.2, 0.25) is 21.1 Å². The fourth-order valence-corrected chi connectivity index (χ4v) is 20.2. The van der Waals surface area contributed by atoms with Crippen LogP contribution in [0.25, 0.3) is 32.7 Å². The molecule has 52 heteroatoms. The molecule has 3 fully saturated rings. The molecule has 0 saturated carbocycles. The Morgan fingerprint density at radius 3 is 0.930 bits per heavy atom. The van der Waals surface area contributed by atoms with Crippen molar-refractivity contribution >= 4 is 228 Å². The van der Waals surface area contributed by atoms with Crippen molar-refractivity contribution in [2.24, 2.45) is 23.7 Å². The molecule has 0 unspecified atom stereocenters. The van der Waals surface area contributed by atoms with Crippen LogP contribution in [0.3, 0.4) is 0 Å². The minimum absolute atomic E-state index is 0. The number of carbonyl (C=O) groups is 9. The number of halogens is 10. The minimum atomic E-state index is -1.12. The summed E-state index contributed by atoms with van der Waals surface area (Å²) in [5, 5.41) is 10.2. The first-order valence-corrected chi connectivity index (χ1v) is 50.8. The highest BCUT2D eigenvalue weighted by atomic mass is 79.9. The molecule has 0 radical (unpaired) electrons. The van der Waals surface area contributed by atoms with Crippen molar-refractivity contribution in [1.82, 2.24) is 43.6 Å². The molecule has 790 valence electrons. The van der Waals surface area contributed by atoms with Gasteiger partial charge in [0.1, 0.15) is 98.6 Å². The van der Waals surface area contributed by atoms with E-state index in [0.29, 0.717) is 121 Å². The van der Waals surface area contributed by atoms with Gasteiger partial charge in [-0.05, 0) is 179 Å². The summed E-state index contributed by atoms with van der Waals surface area (Å²) in [6.45, 7) is 26.6. The molecule has 11 rings (SSSR count). The number of hydrogen-bond donors (Lipinski definition) is 1. The fraction of sp³-hybridized carbons (Fsp3) is 0.571. The maximum atomic E-state index is 12.8. The highest BCUT2D eigenvalue weighted by molar-refractivity contribution is 9.12. The highest BCUT2D eigenvalue weighted by Crippen LogP contribution is 2.50. The third-order valence-electron chi connectivity index (χ3n) is 21.5. The molecule has 0 bridgehead atoms. The van der Waals surface area contributed by atoms with Gasteiger partial charge in [0.25, 0.3) is 0 Å². The van der Waals surface area contributed by atoms with Crippen molar-refractivity contribution in [3.8, 4) is 46.5 Å². The topological polar surface area (TPSA) is 478 Å². The third-order valence-corrected chi connectivity index (χ3v) is 26.2. The second-order valence-corrected chi connectivity index (χ2v) is 38.0. The number of nitrogens with zero attached hydrogens (tertiary/aromatic N) is 9. The number of esters is 6. The van der Waals surface area contributed by atoms with Crippen LogP contribution in [0.1, 0.15) is 139 Å². The number of carbonyl (C=O) groups excluding carboxylic acids is 9. The SMILES string of the molecule is C.CC[C@H]1O[C@@H](Oc2cn(C(C)=O)c3cc(Br)c(OCCOCCOCCO)c(Br)c23)[C@H](C)[C@@H](OC(C)=O)[C@@H]1OC(C)=O.CC[C@H]1O[C@@H](Oc2cn(C(C)=O)c3cc(Br)c(OCCOCCOCCOc4nc(Cl)nc(OCCOCCOCCOc5c(Br)cc6c(c(O[C@@H]7O[C@H](COC(C)=O)[C@@H](C)[C@H](C)[C@H]7OC(C)=O)cn6C(C)=O)c5Br)n4)c(Br)c23)[C@H](C)[C@@H](OC(C)=O)[C@@H]1OC(C)=O.Clc1nc(Cl)nc(Cl)n1. The van der Waals surface area contributed by atoms with Gasteiger partial charge in [0.2, 0.25) is 57.7 Å². The van der Waals surface area contributed by atoms with E-state index in [0.717, 1.165) is 0 Å². The minimum Gasteiger partial charge on any atom is -0.489 e. The number of rotatable bonds is 46. The normalized spacial score (nSPS) is 20.8. The van der Waals surface area contributed by atoms with E-state index in [4.69, 9.17) is 160 Å². The number of ether oxygens (including phenoxy) is 23. The zero-order valence-electron chi connectivity index (χ0n) is 79.8. The highest BCUT2D eigenvalue weighted by Gasteiger charge is 2.51. The lowest BCUT2D eigenvalue weighted by atomic mass is 9.83. The Kier molecular flexibility index (Phi) is 49.5. The molecule has 15 atom stereocenters. The van der Waals surface area contributed by atoms with Crippen molar-refractivity contribution in [2.45, 2.75) is 192 Å². The second-order valence-electron chi connectivity index (χ2n) is 31.7. The number of fused-ring (bicyclic) bond motifs is 3. The average Bonchev–Trinajstić information content (AvgIpc) is 1.61. The fourth-order valence-electron chi connectivity index (χ4n) is 14.9. The number of aliphatic hydroxyl groups is 1. The summed E-state index contributed by atoms with van der Waals surface area (Å²) in [6.07, 6.45) is -3.48. The van der Waals surface area contributed by atoms with E-state index in [9.17, 15) is 43.2 Å². The van der Waals surface area contributed by atoms with Crippen LogP contribution in [0.4, 0.5) is 0 Å². The predicted molar refractivity (Wildman–Crippen MR) is 536 cm³/mol. The van der Waals surface area contributed by atoms with Crippen molar-refractivity contribution < 1.29 is 157 Å². The molecule has 3 saturated heterocycles. The maximum Gasteiger partial charge on any atom is 0.324 e. The van der Waals surface area contributed by atoms with E-state index in [1.54, 1.807) is 44.4 Å². The number of hydrogen-bond acceptors (Lipinski definition) is 39. The summed E-state index contributed by atoms with van der Waals surface area (Å²) in [4.78, 5) is 133. The van der Waals surface area contributed by atoms with Crippen LogP contribution in [0, 0.1) is 23.7 Å². The van der Waals surface area contributed by atoms with Crippen LogP contribution in [0.5, 0.6) is 46.5 Å². The Hall–Kier alpha value is -7.83. The van der Waals surface area contributed by atoms with Crippen molar-refractivity contribution in [2.75, 3.05) is 126 Å². The lowest BCUT2D eigenvalue weighted by Gasteiger charge is -2.43. The average molecular weight is 2480 g/mol. The molecule has 0 spiro atoms. The first-order chi connectivity index (χ1) is 67.6. The molecular weight excluding hydrogens is 2370 g/mol. The van der Waals surface area contributed by atoms with Gasteiger partial charge in [-0.15, -0.1) is 4.98 Å². The van der Waals surface area contributed by atoms with Gasteiger partial charge in [-0.2, -0.15) is 24.9 Å². The molecule has 42 nitrogen and oxygen atoms in total. The van der Waals surface area contributed by atoms with Gasteiger partial charge in [-0.1, -0.05) is 49.0 Å². The molecule has 1 N–H and O–H groups in total. The molecule has 3 aromatic carbocycles. The Balaban J connectivity index is 0.000000395. The van der Waals surface area contributed by atoms with Gasteiger partial charge in [-0.3, -0.25) is 56.9 Å². The van der Waals surface area contributed by atoms with E-state index < -0.39 is 115 Å². The second kappa shape index (κ2) is 58.8. The first-order valence-electron chi connectivity index (χ1n) is 44.5. The lowest BCUT2D eigenvalue weighted by Crippen LogP contribution is -2.57. The molecule has 143 heavy (non-hydrogen) atoms. The first kappa shape index (κ1) is 120. The van der Waals surface area contributed by atoms with Crippen molar-refractivity contribution in [3.05, 3.63) is 84.8 Å². The summed E-state index contributed by atoms with van der Waals surface area (Å²) in [6, 6.07) is 5.08. The molecular formula is C91H113Br6Cl4N9O33. The Labute approximate surface area is 894 Å². The van der Waals surface area contributed by atoms with Gasteiger partial charge in [0.05, 0.1) is 182 Å². The lowest BCUT2D eigenvalue weighted by molar-refractivity contribution is -0.261. The van der Waals surface area contributed by atoms with Crippen LogP contribution < -0.4 is 37.9 Å². The van der Waals surface area contributed by atoms with Crippen molar-refractivity contribution in [3.63, 3.8) is 0 Å². The van der Waals surface area contributed by atoms with Crippen LogP contribution in [-0.4, -0.2) is 295 Å². The quantitative estimate of drug-likeness (QED) is 0.0210.